The number of hydrogen-bond acceptors (Lipinski definition) is 0. The summed E-state index contributed by atoms with van der Waals surface area (Å²) >= 11 is 0. The van der Waals surface area contributed by atoms with Crippen LogP contribution in [0.4, 0.5) is 0 Å². The second-order valence-electron chi connectivity index (χ2n) is 6.38. The molecule has 2 rings (SSSR count). The monoisotopic (exact) mass is 225 g/mol. The average molecular weight is 225 g/mol. The van der Waals surface area contributed by atoms with E-state index in [0.29, 0.717) is 5.41 Å². The highest BCUT2D eigenvalue weighted by atomic mass is 14.4. The Bertz CT molecular complexity index is 469. The summed E-state index contributed by atoms with van der Waals surface area (Å²) in [7, 11) is 0. The molecule has 0 aromatic heterocycles. The second-order valence-corrected chi connectivity index (χ2v) is 6.38. The molecule has 0 N–H and O–H groups in total. The van der Waals surface area contributed by atoms with E-state index < -0.39 is 0 Å². The van der Waals surface area contributed by atoms with Crippen molar-refractivity contribution < 1.29 is 0 Å². The van der Waals surface area contributed by atoms with Gasteiger partial charge < -0.3 is 0 Å². The molecule has 0 spiro atoms. The van der Waals surface area contributed by atoms with Gasteiger partial charge in [-0.15, -0.1) is 6.42 Å². The van der Waals surface area contributed by atoms with E-state index in [-0.39, 0.29) is 5.41 Å². The number of hydrogen-bond donors (Lipinski definition) is 0. The van der Waals surface area contributed by atoms with Crippen LogP contribution in [0.1, 0.15) is 57.2 Å². The van der Waals surface area contributed by atoms with Gasteiger partial charge in [-0.3, -0.25) is 0 Å². The first-order valence-corrected chi connectivity index (χ1v) is 6.31. The van der Waals surface area contributed by atoms with E-state index in [2.05, 4.69) is 51.8 Å². The highest BCUT2D eigenvalue weighted by molar-refractivity contribution is 5.46. The van der Waals surface area contributed by atoms with E-state index in [9.17, 15) is 0 Å². The van der Waals surface area contributed by atoms with Crippen molar-refractivity contribution in [1.82, 2.24) is 0 Å². The van der Waals surface area contributed by atoms with Crippen LogP contribution in [0.25, 0.3) is 0 Å². The molecule has 17 heavy (non-hydrogen) atoms. The summed E-state index contributed by atoms with van der Waals surface area (Å²) in [5.41, 5.74) is 4.67. The van der Waals surface area contributed by atoms with Crippen LogP contribution >= 0.6 is 0 Å². The average Bonchev–Trinajstić information content (AvgIpc) is 2.26. The van der Waals surface area contributed by atoms with Crippen LogP contribution in [0, 0.1) is 18.8 Å². The lowest BCUT2D eigenvalue weighted by molar-refractivity contribution is 0.332. The van der Waals surface area contributed by atoms with Crippen molar-refractivity contribution in [3.8, 4) is 12.3 Å². The Balaban J connectivity index is 2.57. The van der Waals surface area contributed by atoms with Crippen LogP contribution in [0.5, 0.6) is 0 Å². The highest BCUT2D eigenvalue weighted by Gasteiger charge is 2.36. The summed E-state index contributed by atoms with van der Waals surface area (Å²) in [5.74, 6) is 2.61. The zero-order chi connectivity index (χ0) is 12.7. The second kappa shape index (κ2) is 3.91. The molecule has 0 bridgehead atoms. The fourth-order valence-electron chi connectivity index (χ4n) is 2.79. The summed E-state index contributed by atoms with van der Waals surface area (Å²) in [6, 6.07) is 6.68. The smallest absolute Gasteiger partial charge is 0.0628 e. The van der Waals surface area contributed by atoms with Crippen molar-refractivity contribution in [1.29, 1.82) is 0 Å². The third-order valence-corrected chi connectivity index (χ3v) is 4.13. The maximum absolute atomic E-state index is 5.35. The van der Waals surface area contributed by atoms with Crippen LogP contribution in [0.2, 0.25) is 0 Å². The first-order valence-electron chi connectivity index (χ1n) is 6.31. The summed E-state index contributed by atoms with van der Waals surface area (Å²) < 4.78 is 0. The van der Waals surface area contributed by atoms with Gasteiger partial charge >= 0.3 is 0 Å². The fraction of sp³-hybridized carbons (Fsp3) is 0.471. The van der Waals surface area contributed by atoms with E-state index in [1.54, 1.807) is 0 Å². The number of fused-ring (bicyclic) bond motifs is 1. The van der Waals surface area contributed by atoms with E-state index in [1.165, 1.54) is 24.0 Å². The van der Waals surface area contributed by atoms with E-state index in [0.717, 1.165) is 5.56 Å². The van der Waals surface area contributed by atoms with Crippen LogP contribution in [0.3, 0.4) is 0 Å². The maximum atomic E-state index is 5.35. The minimum absolute atomic E-state index is 0.267. The summed E-state index contributed by atoms with van der Waals surface area (Å²) in [5, 5.41) is 0. The molecule has 0 fully saturated rings. The molecule has 0 saturated carbocycles. The largest absolute Gasteiger partial charge is 0.119 e. The van der Waals surface area contributed by atoms with Gasteiger partial charge in [-0.25, -0.2) is 0 Å². The van der Waals surface area contributed by atoms with Gasteiger partial charge in [0.05, 0.1) is 6.42 Å². The van der Waals surface area contributed by atoms with Crippen molar-refractivity contribution >= 4 is 0 Å². The van der Waals surface area contributed by atoms with Gasteiger partial charge in [0.25, 0.3) is 0 Å². The van der Waals surface area contributed by atoms with E-state index >= 15 is 0 Å². The molecule has 0 aliphatic heterocycles. The quantitative estimate of drug-likeness (QED) is 0.628. The highest BCUT2D eigenvalue weighted by Crippen LogP contribution is 2.45. The van der Waals surface area contributed by atoms with Gasteiger partial charge in [0.1, 0.15) is 0 Å². The lowest BCUT2D eigenvalue weighted by atomic mass is 9.63. The first kappa shape index (κ1) is 12.2. The Hall–Kier alpha value is -1.22. The van der Waals surface area contributed by atoms with Crippen LogP contribution in [0.15, 0.2) is 18.2 Å². The summed E-state index contributed by atoms with van der Waals surface area (Å²) in [6.45, 7) is 9.35. The van der Waals surface area contributed by atoms with Crippen LogP contribution < -0.4 is 0 Å². The topological polar surface area (TPSA) is 0 Å². The van der Waals surface area contributed by atoms with Crippen LogP contribution in [-0.2, 0) is 10.8 Å². The molecule has 1 aromatic rings. The molecule has 0 saturated heterocycles. The van der Waals surface area contributed by atoms with Gasteiger partial charge in [-0.1, -0.05) is 51.8 Å². The Morgan fingerprint density at radius 3 is 2.24 bits per heavy atom. The molecule has 0 heteroatoms. The molecule has 89 valence electrons. The maximum Gasteiger partial charge on any atom is 0.0628 e. The molecular weight excluding hydrogens is 204 g/mol. The summed E-state index contributed by atoms with van der Waals surface area (Å²) in [4.78, 5) is 0. The third kappa shape index (κ3) is 2.12. The van der Waals surface area contributed by atoms with Gasteiger partial charge in [0.2, 0.25) is 0 Å². The molecule has 0 unspecified atom stereocenters. The standard InChI is InChI=1S/C17H21/c1-6-7-13-8-9-14-15(12-13)17(4,5)11-10-16(14,2)3/h1,7-9,12H,10-11H2,2-5H3. The SMILES string of the molecule is C#C[CH]c1ccc2c(c1)C(C)(C)CCC2(C)C. The van der Waals surface area contributed by atoms with Gasteiger partial charge in [0, 0.05) is 0 Å². The van der Waals surface area contributed by atoms with Crippen molar-refractivity contribution in [2.45, 2.75) is 51.4 Å². The molecule has 0 heterocycles. The molecule has 0 amide bonds. The van der Waals surface area contributed by atoms with Crippen molar-refractivity contribution in [3.63, 3.8) is 0 Å². The van der Waals surface area contributed by atoms with Crippen molar-refractivity contribution in [3.05, 3.63) is 41.3 Å². The van der Waals surface area contributed by atoms with Gasteiger partial charge in [-0.05, 0) is 40.4 Å². The molecule has 0 nitrogen and oxygen atoms in total. The number of terminal acetylenes is 1. The number of benzene rings is 1. The third-order valence-electron chi connectivity index (χ3n) is 4.13. The molecule has 1 radical (unpaired) electrons. The Labute approximate surface area is 105 Å². The Morgan fingerprint density at radius 2 is 1.65 bits per heavy atom. The first-order chi connectivity index (χ1) is 7.87. The lowest BCUT2D eigenvalue weighted by Crippen LogP contribution is -2.33. The predicted octanol–water partition coefficient (Wildman–Crippen LogP) is 4.22. The molecule has 1 aromatic carbocycles. The Kier molecular flexibility index (Phi) is 2.82. The van der Waals surface area contributed by atoms with Crippen molar-refractivity contribution in [2.75, 3.05) is 0 Å². The normalized spacial score (nSPS) is 20.4. The number of rotatable bonds is 1. The lowest BCUT2D eigenvalue weighted by Gasteiger charge is -2.42. The summed E-state index contributed by atoms with van der Waals surface area (Å²) in [6.07, 6.45) is 9.69. The predicted molar refractivity (Wildman–Crippen MR) is 74.0 cm³/mol. The Morgan fingerprint density at radius 1 is 1.06 bits per heavy atom. The van der Waals surface area contributed by atoms with E-state index in [1.807, 2.05) is 6.42 Å². The van der Waals surface area contributed by atoms with Crippen LogP contribution in [-0.4, -0.2) is 0 Å². The molecular formula is C17H21. The molecule has 1 aliphatic rings. The zero-order valence-electron chi connectivity index (χ0n) is 11.3. The molecule has 1 aliphatic carbocycles. The van der Waals surface area contributed by atoms with E-state index in [4.69, 9.17) is 6.42 Å². The fourth-order valence-corrected chi connectivity index (χ4v) is 2.79. The minimum atomic E-state index is 0.267. The van der Waals surface area contributed by atoms with Gasteiger partial charge in [0.15, 0.2) is 0 Å². The van der Waals surface area contributed by atoms with Gasteiger partial charge in [-0.2, -0.15) is 0 Å². The zero-order valence-corrected chi connectivity index (χ0v) is 11.3. The molecule has 0 atom stereocenters. The minimum Gasteiger partial charge on any atom is -0.119 e. The van der Waals surface area contributed by atoms with Crippen molar-refractivity contribution in [2.24, 2.45) is 0 Å².